The molecule has 1 heteroatoms. The van der Waals surface area contributed by atoms with E-state index in [0.29, 0.717) is 0 Å². The fourth-order valence-electron chi connectivity index (χ4n) is 14.9. The van der Waals surface area contributed by atoms with Gasteiger partial charge in [0.15, 0.2) is 0 Å². The van der Waals surface area contributed by atoms with Crippen LogP contribution in [0.5, 0.6) is 0 Å². The molecule has 10 aromatic carbocycles. The zero-order valence-electron chi connectivity index (χ0n) is 47.7. The third-order valence-corrected chi connectivity index (χ3v) is 20.2. The van der Waals surface area contributed by atoms with Gasteiger partial charge in [-0.25, -0.2) is 0 Å². The summed E-state index contributed by atoms with van der Waals surface area (Å²) in [6, 6.07) is 54.6. The van der Waals surface area contributed by atoms with Gasteiger partial charge in [0, 0.05) is 33.3 Å². The van der Waals surface area contributed by atoms with Crippen molar-refractivity contribution in [2.75, 3.05) is 4.90 Å². The summed E-state index contributed by atoms with van der Waals surface area (Å²) < 4.78 is 0. The van der Waals surface area contributed by atoms with E-state index in [9.17, 15) is 0 Å². The standard InChI is InChI=1S/C75H71N/c1-40-42(3)46(7)69(47(8)43(40)4)61-38-67-71(57-26-19-17-23-53(57)61)59-33-30-51(36-65(59)74(67,13)14)76(50-29-32-56-55-25-21-22-28-63(55)73(11,12)64(56)35-50)52-31-34-60-66(37-52)75(15,16)68-39-62(54-24-18-20-27-58(54)72(60)68)70-48(9)44(5)41(2)45(6)49(70)10/h17-39H,1-16H3. The Morgan fingerprint density at radius 2 is 0.539 bits per heavy atom. The van der Waals surface area contributed by atoms with Crippen molar-refractivity contribution >= 4 is 38.6 Å². The lowest BCUT2D eigenvalue weighted by atomic mass is 9.78. The van der Waals surface area contributed by atoms with Crippen LogP contribution in [-0.4, -0.2) is 0 Å². The SMILES string of the molecule is Cc1c(C)c(C)c(-c2cc3c(c4ccccc24)-c2ccc(N(c4ccc5c(c4)C(C)(C)c4ccccc4-5)c4ccc5c(c4)C(C)(C)c4cc(-c6c(C)c(C)c(C)c(C)c6C)c6ccccc6c4-5)cc2C3(C)C)c(C)c1C. The number of benzene rings is 10. The van der Waals surface area contributed by atoms with E-state index in [4.69, 9.17) is 0 Å². The van der Waals surface area contributed by atoms with Crippen LogP contribution in [0.4, 0.5) is 17.1 Å². The number of rotatable bonds is 5. The van der Waals surface area contributed by atoms with Crippen molar-refractivity contribution in [1.82, 2.24) is 0 Å². The van der Waals surface area contributed by atoms with Crippen molar-refractivity contribution < 1.29 is 0 Å². The van der Waals surface area contributed by atoms with E-state index in [1.165, 1.54) is 183 Å². The van der Waals surface area contributed by atoms with Crippen LogP contribution in [0.15, 0.2) is 140 Å². The highest BCUT2D eigenvalue weighted by Crippen LogP contribution is 2.59. The van der Waals surface area contributed by atoms with Crippen molar-refractivity contribution in [2.45, 2.75) is 127 Å². The minimum Gasteiger partial charge on any atom is -0.310 e. The lowest BCUT2D eigenvalue weighted by molar-refractivity contribution is 0.660. The predicted octanol–water partition coefficient (Wildman–Crippen LogP) is 20.8. The molecule has 0 N–H and O–H groups in total. The molecule has 0 unspecified atom stereocenters. The maximum Gasteiger partial charge on any atom is 0.0465 e. The third-order valence-electron chi connectivity index (χ3n) is 20.2. The largest absolute Gasteiger partial charge is 0.310 e. The maximum atomic E-state index is 2.57. The van der Waals surface area contributed by atoms with Crippen molar-refractivity contribution in [3.63, 3.8) is 0 Å². The second-order valence-corrected chi connectivity index (χ2v) is 24.7. The molecular formula is C75H71N. The Bertz CT molecular complexity index is 3960. The Morgan fingerprint density at radius 3 is 0.947 bits per heavy atom. The molecule has 0 bridgehead atoms. The molecule has 376 valence electrons. The Hall–Kier alpha value is -7.48. The summed E-state index contributed by atoms with van der Waals surface area (Å²) in [7, 11) is 0. The van der Waals surface area contributed by atoms with E-state index >= 15 is 0 Å². The maximum absolute atomic E-state index is 2.57. The van der Waals surface area contributed by atoms with E-state index in [2.05, 4.69) is 255 Å². The van der Waals surface area contributed by atoms with Gasteiger partial charge in [0.1, 0.15) is 0 Å². The quantitative estimate of drug-likeness (QED) is 0.166. The summed E-state index contributed by atoms with van der Waals surface area (Å²) in [6.07, 6.45) is 0. The number of anilines is 3. The summed E-state index contributed by atoms with van der Waals surface area (Å²) in [5.74, 6) is 0. The number of nitrogens with zero attached hydrogens (tertiary/aromatic N) is 1. The molecule has 10 aromatic rings. The van der Waals surface area contributed by atoms with Gasteiger partial charge in [-0.3, -0.25) is 0 Å². The molecule has 0 amide bonds. The first-order valence-corrected chi connectivity index (χ1v) is 27.8. The summed E-state index contributed by atoms with van der Waals surface area (Å²) >= 11 is 0. The number of fused-ring (bicyclic) bond motifs is 13. The van der Waals surface area contributed by atoms with Crippen molar-refractivity contribution in [1.29, 1.82) is 0 Å². The van der Waals surface area contributed by atoms with Crippen LogP contribution in [-0.2, 0) is 16.2 Å². The third kappa shape index (κ3) is 6.32. The molecule has 1 nitrogen and oxygen atoms in total. The first-order valence-electron chi connectivity index (χ1n) is 27.8. The van der Waals surface area contributed by atoms with Crippen molar-refractivity contribution in [3.05, 3.63) is 229 Å². The molecule has 0 atom stereocenters. The lowest BCUT2D eigenvalue weighted by Gasteiger charge is -2.31. The molecule has 0 spiro atoms. The second kappa shape index (κ2) is 16.3. The highest BCUT2D eigenvalue weighted by molar-refractivity contribution is 6.12. The van der Waals surface area contributed by atoms with E-state index in [-0.39, 0.29) is 16.2 Å². The Balaban J connectivity index is 1.02. The zero-order chi connectivity index (χ0) is 53.4. The molecule has 0 heterocycles. The fourth-order valence-corrected chi connectivity index (χ4v) is 14.9. The van der Waals surface area contributed by atoms with Crippen LogP contribution in [0.2, 0.25) is 0 Å². The van der Waals surface area contributed by atoms with Crippen LogP contribution in [0, 0.1) is 69.2 Å². The van der Waals surface area contributed by atoms with E-state index < -0.39 is 0 Å². The Kier molecular flexibility index (Phi) is 10.3. The first-order chi connectivity index (χ1) is 36.2. The fraction of sp³-hybridized carbons (Fsp3) is 0.253. The van der Waals surface area contributed by atoms with Crippen LogP contribution in [0.1, 0.15) is 131 Å². The average molecular weight is 986 g/mol. The van der Waals surface area contributed by atoms with Gasteiger partial charge in [-0.05, 0) is 284 Å². The van der Waals surface area contributed by atoms with Gasteiger partial charge in [-0.15, -0.1) is 0 Å². The van der Waals surface area contributed by atoms with Gasteiger partial charge in [0.2, 0.25) is 0 Å². The molecule has 0 saturated carbocycles. The molecule has 0 aromatic heterocycles. The minimum atomic E-state index is -0.269. The summed E-state index contributed by atoms with van der Waals surface area (Å²) in [5, 5.41) is 5.30. The van der Waals surface area contributed by atoms with Gasteiger partial charge in [-0.1, -0.05) is 133 Å². The zero-order valence-corrected chi connectivity index (χ0v) is 47.7. The molecule has 0 radical (unpaired) electrons. The van der Waals surface area contributed by atoms with Crippen molar-refractivity contribution in [3.8, 4) is 55.6 Å². The lowest BCUT2D eigenvalue weighted by Crippen LogP contribution is -2.19. The minimum absolute atomic E-state index is 0.148. The first kappa shape index (κ1) is 48.2. The van der Waals surface area contributed by atoms with Crippen LogP contribution >= 0.6 is 0 Å². The van der Waals surface area contributed by atoms with Gasteiger partial charge < -0.3 is 4.90 Å². The van der Waals surface area contributed by atoms with Gasteiger partial charge in [0.25, 0.3) is 0 Å². The van der Waals surface area contributed by atoms with Crippen LogP contribution in [0.25, 0.3) is 77.2 Å². The molecular weight excluding hydrogens is 915 g/mol. The van der Waals surface area contributed by atoms with E-state index in [0.717, 1.165) is 0 Å². The predicted molar refractivity (Wildman–Crippen MR) is 327 cm³/mol. The van der Waals surface area contributed by atoms with Gasteiger partial charge >= 0.3 is 0 Å². The van der Waals surface area contributed by atoms with Crippen LogP contribution in [0.3, 0.4) is 0 Å². The normalized spacial score (nSPS) is 14.9. The van der Waals surface area contributed by atoms with E-state index in [1.54, 1.807) is 0 Å². The molecule has 3 aliphatic rings. The van der Waals surface area contributed by atoms with Gasteiger partial charge in [0.05, 0.1) is 0 Å². The Morgan fingerprint density at radius 1 is 0.237 bits per heavy atom. The molecule has 0 fully saturated rings. The highest BCUT2D eigenvalue weighted by Gasteiger charge is 2.42. The molecule has 0 aliphatic heterocycles. The molecule has 76 heavy (non-hydrogen) atoms. The summed E-state index contributed by atoms with van der Waals surface area (Å²) in [4.78, 5) is 2.57. The number of hydrogen-bond acceptors (Lipinski definition) is 1. The Labute approximate surface area is 452 Å². The monoisotopic (exact) mass is 986 g/mol. The topological polar surface area (TPSA) is 3.24 Å². The average Bonchev–Trinajstić information content (AvgIpc) is 4.00. The second-order valence-electron chi connectivity index (χ2n) is 24.7. The molecule has 13 rings (SSSR count). The van der Waals surface area contributed by atoms with Crippen LogP contribution < -0.4 is 4.90 Å². The van der Waals surface area contributed by atoms with E-state index in [1.807, 2.05) is 0 Å². The molecule has 0 saturated heterocycles. The highest BCUT2D eigenvalue weighted by atomic mass is 15.1. The smallest absolute Gasteiger partial charge is 0.0465 e. The number of hydrogen-bond donors (Lipinski definition) is 0. The van der Waals surface area contributed by atoms with Gasteiger partial charge in [-0.2, -0.15) is 0 Å². The van der Waals surface area contributed by atoms with Crippen molar-refractivity contribution in [2.24, 2.45) is 0 Å². The summed E-state index contributed by atoms with van der Waals surface area (Å²) in [6.45, 7) is 37.8. The molecule has 3 aliphatic carbocycles. The summed E-state index contributed by atoms with van der Waals surface area (Å²) in [5.41, 5.74) is 38.6.